The third kappa shape index (κ3) is 4.95. The van der Waals surface area contributed by atoms with E-state index < -0.39 is 47.5 Å². The number of nitrogens with one attached hydrogen (secondary N) is 1. The Morgan fingerprint density at radius 2 is 2.08 bits per heavy atom. The van der Waals surface area contributed by atoms with Gasteiger partial charge in [-0.25, -0.2) is 9.59 Å². The second-order valence-electron chi connectivity index (χ2n) is 8.61. The van der Waals surface area contributed by atoms with Crippen molar-refractivity contribution in [3.05, 3.63) is 33.2 Å². The summed E-state index contributed by atoms with van der Waals surface area (Å²) in [6.45, 7) is -0.436. The van der Waals surface area contributed by atoms with Crippen LogP contribution >= 0.6 is 34.6 Å². The molecule has 14 nitrogen and oxygen atoms in total. The molecule has 0 aromatic carbocycles. The number of thiazole rings is 1. The van der Waals surface area contributed by atoms with Gasteiger partial charge in [-0.2, -0.15) is 13.9 Å². The molecule has 3 aliphatic rings. The van der Waals surface area contributed by atoms with Crippen LogP contribution in [0.4, 0.5) is 5.13 Å². The number of nitrogens with zero attached hydrogens (tertiary/aromatic N) is 5. The van der Waals surface area contributed by atoms with Gasteiger partial charge in [0.25, 0.3) is 11.8 Å². The normalized spacial score (nSPS) is 20.9. The van der Waals surface area contributed by atoms with Crippen LogP contribution in [0.25, 0.3) is 0 Å². The van der Waals surface area contributed by atoms with E-state index in [1.165, 1.54) is 27.2 Å². The van der Waals surface area contributed by atoms with Gasteiger partial charge in [-0.05, 0) is 19.3 Å². The number of thioether (sulfide) groups is 1. The van der Waals surface area contributed by atoms with Crippen LogP contribution in [-0.2, 0) is 43.4 Å². The number of nitrogen functional groups attached to an aromatic ring is 1. The number of anilines is 1. The average Bonchev–Trinajstić information content (AvgIpc) is 3.50. The Balaban J connectivity index is 1.34. The minimum atomic E-state index is -1.31. The van der Waals surface area contributed by atoms with Gasteiger partial charge in [-0.15, -0.1) is 11.8 Å². The molecule has 2 aliphatic heterocycles. The van der Waals surface area contributed by atoms with Gasteiger partial charge in [0.05, 0.1) is 4.88 Å². The lowest BCUT2D eigenvalue weighted by molar-refractivity contribution is -0.692. The Morgan fingerprint density at radius 3 is 2.79 bits per heavy atom. The minimum Gasteiger partial charge on any atom is -0.479 e. The summed E-state index contributed by atoms with van der Waals surface area (Å²) >= 11 is 3.81. The monoisotopic (exact) mass is 580 g/mol. The number of rotatable bonds is 9. The van der Waals surface area contributed by atoms with Gasteiger partial charge < -0.3 is 26.1 Å². The smallest absolute Gasteiger partial charge is 0.352 e. The Hall–Kier alpha value is -3.57. The van der Waals surface area contributed by atoms with Gasteiger partial charge in [-0.1, -0.05) is 16.5 Å². The van der Waals surface area contributed by atoms with E-state index >= 15 is 0 Å². The molecule has 5 N–H and O–H groups in total. The average molecular weight is 581 g/mol. The largest absolute Gasteiger partial charge is 0.479 e. The van der Waals surface area contributed by atoms with E-state index in [9.17, 15) is 24.3 Å². The zero-order valence-electron chi connectivity index (χ0n) is 19.7. The summed E-state index contributed by atoms with van der Waals surface area (Å²) in [4.78, 5) is 60.2. The number of carbonyl (C=O) groups excluding carboxylic acids is 2. The number of fused-ring (bicyclic) bond motifs is 2. The summed E-state index contributed by atoms with van der Waals surface area (Å²) in [5.41, 5.74) is 8.91. The molecule has 0 radical (unpaired) electrons. The van der Waals surface area contributed by atoms with Crippen LogP contribution in [0.5, 0.6) is 0 Å². The molecular formula is C21H22N7O7S3+. The zero-order chi connectivity index (χ0) is 27.0. The number of carbonyl (C=O) groups is 4. The van der Waals surface area contributed by atoms with Crippen LogP contribution < -0.4 is 15.6 Å². The molecule has 2 aromatic rings. The van der Waals surface area contributed by atoms with Gasteiger partial charge in [0.2, 0.25) is 23.7 Å². The number of hydrogen-bond donors (Lipinski definition) is 4. The molecule has 2 atom stereocenters. The van der Waals surface area contributed by atoms with Crippen molar-refractivity contribution in [1.82, 2.24) is 19.6 Å². The molecule has 0 unspecified atom stereocenters. The standard InChI is InChI=1S/C21H21N7O7S3/c22-21-24-16(26-38-21)13(25-35-6-12(29)30)17(31)23-14-18(32)28-15(20(33)34)9(7-36-19(14)28)5-27-8-37-11-4-2-1-3-10(11)27/h8,14,19H,1-7H2,(H4-,22,23,24,26,29,30,31,33,34)/p+1/b25-13-/t14-,19-/m1/s1. The van der Waals surface area contributed by atoms with Crippen molar-refractivity contribution in [3.8, 4) is 0 Å². The molecule has 2 aromatic heterocycles. The molecule has 1 saturated heterocycles. The molecule has 0 bridgehead atoms. The van der Waals surface area contributed by atoms with Crippen molar-refractivity contribution in [1.29, 1.82) is 0 Å². The van der Waals surface area contributed by atoms with E-state index in [-0.39, 0.29) is 16.7 Å². The first-order chi connectivity index (χ1) is 18.2. The maximum atomic E-state index is 13.1. The van der Waals surface area contributed by atoms with Crippen molar-refractivity contribution >= 4 is 69.2 Å². The third-order valence-electron chi connectivity index (χ3n) is 6.17. The van der Waals surface area contributed by atoms with Crippen molar-refractivity contribution in [2.45, 2.75) is 43.6 Å². The molecule has 2 amide bonds. The number of hydrogen-bond acceptors (Lipinski definition) is 12. The fraction of sp³-hybridized carbons (Fsp3) is 0.429. The summed E-state index contributed by atoms with van der Waals surface area (Å²) in [6.07, 6.45) is 4.21. The molecule has 0 saturated carbocycles. The van der Waals surface area contributed by atoms with Crippen LogP contribution in [0.15, 0.2) is 21.9 Å². The van der Waals surface area contributed by atoms with Crippen LogP contribution in [0.3, 0.4) is 0 Å². The fourth-order valence-electron chi connectivity index (χ4n) is 4.50. The van der Waals surface area contributed by atoms with Gasteiger partial charge in [0, 0.05) is 29.3 Å². The van der Waals surface area contributed by atoms with Crippen LogP contribution in [0.1, 0.15) is 29.2 Å². The number of aryl methyl sites for hydroxylation is 1. The summed E-state index contributed by atoms with van der Waals surface area (Å²) in [7, 11) is 0. The SMILES string of the molecule is Nc1nc(/C(=N/OCC(=O)O)C(=O)N[C@@H]2C(=O)N3C(C(=O)O)=C(C[n+]4csc5c4CCCC5)CS[C@H]23)ns1. The zero-order valence-corrected chi connectivity index (χ0v) is 22.1. The molecule has 200 valence electrons. The van der Waals surface area contributed by atoms with Gasteiger partial charge in [0.15, 0.2) is 17.4 Å². The Kier molecular flexibility index (Phi) is 7.31. The van der Waals surface area contributed by atoms with E-state index in [1.807, 2.05) is 5.51 Å². The lowest BCUT2D eigenvalue weighted by atomic mass is 10.0. The van der Waals surface area contributed by atoms with Crippen molar-refractivity contribution in [3.63, 3.8) is 0 Å². The molecule has 4 heterocycles. The molecule has 1 aliphatic carbocycles. The quantitative estimate of drug-likeness (QED) is 0.130. The number of aliphatic carboxylic acids is 2. The van der Waals surface area contributed by atoms with Crippen molar-refractivity contribution in [2.24, 2.45) is 5.16 Å². The number of amides is 2. The van der Waals surface area contributed by atoms with Crippen molar-refractivity contribution < 1.29 is 38.8 Å². The Labute approximate surface area is 227 Å². The highest BCUT2D eigenvalue weighted by molar-refractivity contribution is 8.00. The fourth-order valence-corrected chi connectivity index (χ4v) is 7.35. The molecule has 38 heavy (non-hydrogen) atoms. The van der Waals surface area contributed by atoms with Gasteiger partial charge in [0.1, 0.15) is 17.1 Å². The summed E-state index contributed by atoms with van der Waals surface area (Å²) < 4.78 is 5.97. The number of nitrogens with two attached hydrogens (primary N) is 1. The molecule has 17 heteroatoms. The van der Waals surface area contributed by atoms with Crippen LogP contribution in [0.2, 0.25) is 0 Å². The first-order valence-corrected chi connectivity index (χ1v) is 14.2. The van der Waals surface area contributed by atoms with E-state index in [0.717, 1.165) is 37.2 Å². The number of β-lactam (4-membered cyclic amide) rings is 1. The summed E-state index contributed by atoms with van der Waals surface area (Å²) in [5.74, 6) is -3.82. The van der Waals surface area contributed by atoms with E-state index in [2.05, 4.69) is 29.2 Å². The highest BCUT2D eigenvalue weighted by Crippen LogP contribution is 2.40. The lowest BCUT2D eigenvalue weighted by Crippen LogP contribution is -2.71. The number of oxime groups is 1. The summed E-state index contributed by atoms with van der Waals surface area (Å²) in [5, 5.41) is 24.2. The van der Waals surface area contributed by atoms with E-state index in [0.29, 0.717) is 17.9 Å². The third-order valence-corrected chi connectivity index (χ3v) is 9.13. The first kappa shape index (κ1) is 26.1. The molecule has 5 rings (SSSR count). The Bertz CT molecular complexity index is 1380. The van der Waals surface area contributed by atoms with E-state index in [1.54, 1.807) is 11.3 Å². The topological polar surface area (TPSA) is 201 Å². The highest BCUT2D eigenvalue weighted by atomic mass is 32.2. The van der Waals surface area contributed by atoms with Crippen LogP contribution in [-0.4, -0.2) is 77.7 Å². The van der Waals surface area contributed by atoms with Crippen LogP contribution in [0, 0.1) is 0 Å². The predicted octanol–water partition coefficient (Wildman–Crippen LogP) is -0.408. The number of aromatic nitrogens is 3. The van der Waals surface area contributed by atoms with Gasteiger partial charge >= 0.3 is 11.9 Å². The maximum Gasteiger partial charge on any atom is 0.352 e. The predicted molar refractivity (Wildman–Crippen MR) is 135 cm³/mol. The summed E-state index contributed by atoms with van der Waals surface area (Å²) in [6, 6.07) is -1.04. The van der Waals surface area contributed by atoms with E-state index in [4.69, 9.17) is 10.8 Å². The highest BCUT2D eigenvalue weighted by Gasteiger charge is 2.55. The second kappa shape index (κ2) is 10.7. The minimum absolute atomic E-state index is 0.0426. The maximum absolute atomic E-state index is 13.1. The Morgan fingerprint density at radius 1 is 1.29 bits per heavy atom. The van der Waals surface area contributed by atoms with Gasteiger partial charge in [-0.3, -0.25) is 14.5 Å². The molecular weight excluding hydrogens is 558 g/mol. The lowest BCUT2D eigenvalue weighted by Gasteiger charge is -2.49. The number of carboxylic acids is 2. The second-order valence-corrected chi connectivity index (χ2v) is 11.4. The number of carboxylic acid groups (broad SMARTS) is 2. The molecule has 0 spiro atoms. The first-order valence-electron chi connectivity index (χ1n) is 11.5. The molecule has 1 fully saturated rings. The van der Waals surface area contributed by atoms with Crippen molar-refractivity contribution in [2.75, 3.05) is 18.1 Å².